The lowest BCUT2D eigenvalue weighted by Gasteiger charge is -2.28. The van der Waals surface area contributed by atoms with Crippen molar-refractivity contribution in [2.75, 3.05) is 21.3 Å². The average molecular weight is 961 g/mol. The maximum Gasteiger partial charge on any atom is 0.453 e. The summed E-state index contributed by atoms with van der Waals surface area (Å²) in [6.45, 7) is 28.2. The minimum absolute atomic E-state index is 0. The zero-order valence-electron chi connectivity index (χ0n) is 42.3. The lowest BCUT2D eigenvalue weighted by atomic mass is 9.81. The molecule has 0 radical (unpaired) electrons. The van der Waals surface area contributed by atoms with Gasteiger partial charge in [0.15, 0.2) is 0 Å². The molecule has 2 N–H and O–H groups in total. The SMILES string of the molecule is COc1cc(-c2cc(OC)cc(C(C)(C)C)c2Op2oc3c(C(C)(C)C)cc(C)cc3c3cc(OC)cc(C(C)(C)C)c3o2)c(Op2oc3ccccc3c3ccccc3o2)c(C(C)(C)C)c1.O. The lowest BCUT2D eigenvalue weighted by molar-refractivity contribution is 0.408. The van der Waals surface area contributed by atoms with Crippen molar-refractivity contribution in [3.63, 3.8) is 0 Å². The first-order valence-electron chi connectivity index (χ1n) is 22.7. The smallest absolute Gasteiger partial charge is 0.453 e. The van der Waals surface area contributed by atoms with E-state index in [0.717, 1.165) is 55.1 Å². The van der Waals surface area contributed by atoms with Crippen molar-refractivity contribution in [2.45, 2.75) is 112 Å². The summed E-state index contributed by atoms with van der Waals surface area (Å²) in [5.41, 5.74) is 7.37. The van der Waals surface area contributed by atoms with Crippen molar-refractivity contribution in [1.29, 1.82) is 0 Å². The van der Waals surface area contributed by atoms with E-state index in [9.17, 15) is 0 Å². The van der Waals surface area contributed by atoms with E-state index in [0.29, 0.717) is 56.5 Å². The Balaban J connectivity index is 0.00000684. The maximum atomic E-state index is 7.45. The zero-order valence-corrected chi connectivity index (χ0v) is 44.1. The van der Waals surface area contributed by atoms with Crippen molar-refractivity contribution in [2.24, 2.45) is 0 Å². The molecule has 0 spiro atoms. The van der Waals surface area contributed by atoms with Gasteiger partial charge in [-0.15, -0.1) is 0 Å². The Morgan fingerprint density at radius 2 is 0.750 bits per heavy atom. The van der Waals surface area contributed by atoms with Gasteiger partial charge in [-0.1, -0.05) is 126 Å². The van der Waals surface area contributed by atoms with E-state index in [2.05, 4.69) is 108 Å². The number of methoxy groups -OCH3 is 3. The van der Waals surface area contributed by atoms with Crippen LogP contribution < -0.4 is 23.3 Å². The van der Waals surface area contributed by atoms with Gasteiger partial charge in [-0.25, -0.2) is 0 Å². The number of hydrogen-bond donors (Lipinski definition) is 0. The molecule has 8 aromatic rings. The predicted octanol–water partition coefficient (Wildman–Crippen LogP) is 16.9. The Morgan fingerprint density at radius 3 is 1.16 bits per heavy atom. The highest BCUT2D eigenvalue weighted by molar-refractivity contribution is 7.32. The normalized spacial score (nSPS) is 12.6. The summed E-state index contributed by atoms with van der Waals surface area (Å²) >= 11 is 0. The molecular weight excluding hydrogens is 895 g/mol. The maximum absolute atomic E-state index is 7.45. The van der Waals surface area contributed by atoms with Crippen molar-refractivity contribution in [1.82, 2.24) is 0 Å². The van der Waals surface area contributed by atoms with E-state index in [-0.39, 0.29) is 16.3 Å². The topological polar surface area (TPSA) is 130 Å². The Bertz CT molecular complexity index is 3200. The largest absolute Gasteiger partial charge is 0.497 e. The molecule has 1 atom stereocenters. The number of hydrogen-bond acceptors (Lipinski definition) is 9. The fraction of sp³-hybridized carbons (Fsp3) is 0.357. The van der Waals surface area contributed by atoms with E-state index in [1.54, 1.807) is 21.3 Å². The Hall–Kier alpha value is -5.92. The van der Waals surface area contributed by atoms with Crippen LogP contribution in [-0.4, -0.2) is 26.8 Å². The molecule has 0 aliphatic carbocycles. The summed E-state index contributed by atoms with van der Waals surface area (Å²) in [6.07, 6.45) is 0. The standard InChI is InChI=1S/C56H64O9P2.H2O/c1-33-25-39-40-27-34(57-14)30-44(54(5,6)7)50(40)64-67(63-49(39)43(26-33)53(2,3)4)65-52-42(29-36(59-16)32-46(52)56(11,12)13)41-28-35(58-15)31-45(55(8,9)10)51(41)62-66-60-47-23-19-17-21-37(47)38-22-18-20-24-48(38)61-66;/h17-32H,1-16H3;1H2. The molecule has 0 aliphatic heterocycles. The van der Waals surface area contributed by atoms with Gasteiger partial charge in [-0.05, 0) is 88.7 Å². The summed E-state index contributed by atoms with van der Waals surface area (Å²) in [4.78, 5) is 0. The summed E-state index contributed by atoms with van der Waals surface area (Å²) in [6, 6.07) is 32.3. The summed E-state index contributed by atoms with van der Waals surface area (Å²) in [7, 11) is 0.771. The molecule has 2 aromatic heterocycles. The molecule has 0 amide bonds. The van der Waals surface area contributed by atoms with Crippen LogP contribution in [0.2, 0.25) is 0 Å². The molecule has 68 heavy (non-hydrogen) atoms. The fourth-order valence-electron chi connectivity index (χ4n) is 8.46. The van der Waals surface area contributed by atoms with Crippen molar-refractivity contribution >= 4 is 60.4 Å². The first-order valence-corrected chi connectivity index (χ1v) is 24.9. The second-order valence-corrected chi connectivity index (χ2v) is 23.3. The molecule has 0 bridgehead atoms. The highest BCUT2D eigenvalue weighted by atomic mass is 31.1. The molecule has 0 aliphatic rings. The molecule has 0 saturated carbocycles. The molecule has 10 nitrogen and oxygen atoms in total. The third-order valence-corrected chi connectivity index (χ3v) is 14.0. The number of rotatable bonds is 8. The van der Waals surface area contributed by atoms with Gasteiger partial charge < -0.3 is 45.5 Å². The molecule has 8 rings (SSSR count). The van der Waals surface area contributed by atoms with Crippen LogP contribution in [0.3, 0.4) is 0 Å². The van der Waals surface area contributed by atoms with E-state index in [1.807, 2.05) is 78.9 Å². The minimum atomic E-state index is -2.21. The van der Waals surface area contributed by atoms with Gasteiger partial charge >= 0.3 is 16.5 Å². The van der Waals surface area contributed by atoms with E-state index in [4.69, 9.17) is 40.0 Å². The molecule has 2 heterocycles. The Kier molecular flexibility index (Phi) is 13.6. The molecule has 360 valence electrons. The second kappa shape index (κ2) is 18.5. The molecule has 0 fully saturated rings. The van der Waals surface area contributed by atoms with Gasteiger partial charge in [-0.3, -0.25) is 0 Å². The Labute approximate surface area is 402 Å². The summed E-state index contributed by atoms with van der Waals surface area (Å²) in [5, 5.41) is 3.63. The van der Waals surface area contributed by atoms with Gasteiger partial charge in [0.25, 0.3) is 0 Å². The van der Waals surface area contributed by atoms with E-state index < -0.39 is 27.3 Å². The fourth-order valence-corrected chi connectivity index (χ4v) is 10.7. The third-order valence-electron chi connectivity index (χ3n) is 12.0. The highest BCUT2D eigenvalue weighted by Crippen LogP contribution is 2.54. The van der Waals surface area contributed by atoms with E-state index >= 15 is 0 Å². The lowest BCUT2D eigenvalue weighted by Crippen LogP contribution is -2.15. The van der Waals surface area contributed by atoms with E-state index in [1.165, 1.54) is 0 Å². The molecular formula is C56H66O10P2. The zero-order chi connectivity index (χ0) is 48.4. The van der Waals surface area contributed by atoms with Crippen LogP contribution >= 0.6 is 16.5 Å². The number of ether oxygens (including phenoxy) is 3. The summed E-state index contributed by atoms with van der Waals surface area (Å²) < 4.78 is 60.6. The quantitative estimate of drug-likeness (QED) is 0.146. The molecule has 0 saturated heterocycles. The van der Waals surface area contributed by atoms with Crippen LogP contribution in [0.25, 0.3) is 55.0 Å². The van der Waals surface area contributed by atoms with Gasteiger partial charge in [0.2, 0.25) is 0 Å². The number of para-hydroxylation sites is 2. The Morgan fingerprint density at radius 1 is 0.397 bits per heavy atom. The van der Waals surface area contributed by atoms with Gasteiger partial charge in [0.05, 0.1) is 21.3 Å². The first kappa shape index (κ1) is 50.0. The van der Waals surface area contributed by atoms with Crippen LogP contribution in [0.15, 0.2) is 114 Å². The van der Waals surface area contributed by atoms with Crippen molar-refractivity contribution < 1.29 is 45.5 Å². The van der Waals surface area contributed by atoms with Gasteiger partial charge in [0.1, 0.15) is 51.1 Å². The van der Waals surface area contributed by atoms with Crippen LogP contribution in [-0.2, 0) is 21.7 Å². The predicted molar refractivity (Wildman–Crippen MR) is 279 cm³/mol. The number of fused-ring (bicyclic) bond motifs is 6. The first-order chi connectivity index (χ1) is 31.5. The number of aryl methyl sites for hydroxylation is 1. The van der Waals surface area contributed by atoms with Gasteiger partial charge in [0, 0.05) is 54.9 Å². The van der Waals surface area contributed by atoms with Crippen LogP contribution in [0.5, 0.6) is 28.7 Å². The molecule has 1 unspecified atom stereocenters. The van der Waals surface area contributed by atoms with Crippen LogP contribution in [0, 0.1) is 6.92 Å². The summed E-state index contributed by atoms with van der Waals surface area (Å²) in [5.74, 6) is 3.09. The monoisotopic (exact) mass is 960 g/mol. The third kappa shape index (κ3) is 9.83. The molecule has 6 aromatic carbocycles. The molecule has 12 heteroatoms. The van der Waals surface area contributed by atoms with Crippen LogP contribution in [0.4, 0.5) is 0 Å². The number of benzene rings is 6. The van der Waals surface area contributed by atoms with Crippen molar-refractivity contribution in [3.8, 4) is 39.9 Å². The van der Waals surface area contributed by atoms with Gasteiger partial charge in [-0.2, -0.15) is 0 Å². The highest BCUT2D eigenvalue weighted by Gasteiger charge is 2.33. The minimum Gasteiger partial charge on any atom is -0.497 e. The van der Waals surface area contributed by atoms with Crippen molar-refractivity contribution in [3.05, 3.63) is 125 Å². The second-order valence-electron chi connectivity index (χ2n) is 21.3. The average Bonchev–Trinajstić information content (AvgIpc) is 3.51. The van der Waals surface area contributed by atoms with Crippen LogP contribution in [0.1, 0.15) is 111 Å².